The van der Waals surface area contributed by atoms with Gasteiger partial charge in [-0.15, -0.1) is 0 Å². The molecular formula is C26H38ClN. The van der Waals surface area contributed by atoms with E-state index in [1.165, 1.54) is 70.6 Å². The van der Waals surface area contributed by atoms with Crippen LogP contribution < -0.4 is 5.32 Å². The van der Waals surface area contributed by atoms with Crippen LogP contribution in [-0.2, 0) is 5.41 Å². The summed E-state index contributed by atoms with van der Waals surface area (Å²) in [6.07, 6.45) is 15.7. The standard InChI is InChI=1S/C26H38ClN/c1-3-19-4-10-24(11-5-19)28-18(2)25-13-20-12-21(14-25)16-26(15-20,17-25)22-6-8-23(27)9-7-22/h6-9,18-21,24,28H,3-5,10-17H2,1-2H3/t18-,19?,20+,21+,24?,25?,26?/m1/s1. The van der Waals surface area contributed by atoms with E-state index < -0.39 is 0 Å². The summed E-state index contributed by atoms with van der Waals surface area (Å²) in [5.41, 5.74) is 2.52. The van der Waals surface area contributed by atoms with Crippen molar-refractivity contribution in [2.24, 2.45) is 23.2 Å². The maximum atomic E-state index is 6.22. The van der Waals surface area contributed by atoms with E-state index in [0.29, 0.717) is 16.9 Å². The molecule has 5 saturated carbocycles. The monoisotopic (exact) mass is 399 g/mol. The summed E-state index contributed by atoms with van der Waals surface area (Å²) >= 11 is 6.22. The molecule has 0 heterocycles. The van der Waals surface area contributed by atoms with Crippen LogP contribution in [0.1, 0.15) is 90.0 Å². The molecule has 0 aliphatic heterocycles. The van der Waals surface area contributed by atoms with Gasteiger partial charge in [-0.25, -0.2) is 0 Å². The van der Waals surface area contributed by atoms with Crippen LogP contribution in [0.5, 0.6) is 0 Å². The smallest absolute Gasteiger partial charge is 0.0406 e. The third-order valence-electron chi connectivity index (χ3n) is 9.39. The second-order valence-electron chi connectivity index (χ2n) is 11.1. The van der Waals surface area contributed by atoms with Gasteiger partial charge in [-0.3, -0.25) is 0 Å². The minimum absolute atomic E-state index is 0.421. The highest BCUT2D eigenvalue weighted by atomic mass is 35.5. The van der Waals surface area contributed by atoms with Gasteiger partial charge in [-0.05, 0) is 117 Å². The van der Waals surface area contributed by atoms with Gasteiger partial charge in [0.05, 0.1) is 0 Å². The van der Waals surface area contributed by atoms with Gasteiger partial charge in [0.2, 0.25) is 0 Å². The van der Waals surface area contributed by atoms with Crippen molar-refractivity contribution in [2.75, 3.05) is 0 Å². The van der Waals surface area contributed by atoms with Crippen LogP contribution in [0, 0.1) is 23.2 Å². The Bertz CT molecular complexity index is 673. The van der Waals surface area contributed by atoms with Crippen molar-refractivity contribution in [3.05, 3.63) is 34.9 Å². The number of hydrogen-bond acceptors (Lipinski definition) is 1. The number of nitrogens with one attached hydrogen (secondary N) is 1. The van der Waals surface area contributed by atoms with Gasteiger partial charge >= 0.3 is 0 Å². The van der Waals surface area contributed by atoms with Crippen molar-refractivity contribution < 1.29 is 0 Å². The summed E-state index contributed by atoms with van der Waals surface area (Å²) in [4.78, 5) is 0. The van der Waals surface area contributed by atoms with E-state index in [9.17, 15) is 0 Å². The molecule has 1 aromatic rings. The van der Waals surface area contributed by atoms with E-state index in [1.54, 1.807) is 5.56 Å². The first-order chi connectivity index (χ1) is 13.5. The zero-order valence-corrected chi connectivity index (χ0v) is 18.6. The van der Waals surface area contributed by atoms with Crippen LogP contribution in [0.2, 0.25) is 5.02 Å². The lowest BCUT2D eigenvalue weighted by Gasteiger charge is -2.64. The van der Waals surface area contributed by atoms with Crippen LogP contribution in [0.4, 0.5) is 0 Å². The quantitative estimate of drug-likeness (QED) is 0.555. The Kier molecular flexibility index (Phi) is 5.07. The Morgan fingerprint density at radius 1 is 1.00 bits per heavy atom. The zero-order valence-electron chi connectivity index (χ0n) is 17.9. The van der Waals surface area contributed by atoms with E-state index >= 15 is 0 Å². The van der Waals surface area contributed by atoms with E-state index in [-0.39, 0.29) is 0 Å². The van der Waals surface area contributed by atoms with Gasteiger partial charge in [0.25, 0.3) is 0 Å². The predicted octanol–water partition coefficient (Wildman–Crippen LogP) is 7.12. The number of rotatable bonds is 5. The highest BCUT2D eigenvalue weighted by Gasteiger charge is 2.59. The first kappa shape index (κ1) is 19.4. The van der Waals surface area contributed by atoms with E-state index in [2.05, 4.69) is 43.4 Å². The molecule has 0 aromatic heterocycles. The van der Waals surface area contributed by atoms with Crippen LogP contribution >= 0.6 is 11.6 Å². The minimum atomic E-state index is 0.421. The lowest BCUT2D eigenvalue weighted by Crippen LogP contribution is -2.61. The largest absolute Gasteiger partial charge is 0.311 e. The number of halogens is 1. The Hall–Kier alpha value is -0.530. The summed E-state index contributed by atoms with van der Waals surface area (Å²) in [5, 5.41) is 5.05. The van der Waals surface area contributed by atoms with Gasteiger partial charge < -0.3 is 5.32 Å². The topological polar surface area (TPSA) is 12.0 Å². The SMILES string of the molecule is CCC1CCC(N[C@H](C)C23C[C@@H]4C[C@H](CC(c5ccc(Cl)cc5)(C4)C2)C3)CC1. The summed E-state index contributed by atoms with van der Waals surface area (Å²) < 4.78 is 0. The molecule has 6 rings (SSSR count). The molecule has 1 aromatic carbocycles. The lowest BCUT2D eigenvalue weighted by atomic mass is 9.41. The molecule has 1 nitrogen and oxygen atoms in total. The Morgan fingerprint density at radius 3 is 2.25 bits per heavy atom. The Labute approximate surface area is 177 Å². The normalized spacial score (nSPS) is 43.2. The van der Waals surface area contributed by atoms with Gasteiger partial charge in [0, 0.05) is 17.1 Å². The Balaban J connectivity index is 1.35. The third kappa shape index (κ3) is 3.35. The van der Waals surface area contributed by atoms with Crippen LogP contribution in [0.25, 0.3) is 0 Å². The average Bonchev–Trinajstić information content (AvgIpc) is 2.68. The fourth-order valence-electron chi connectivity index (χ4n) is 8.25. The molecule has 0 saturated heterocycles. The summed E-state index contributed by atoms with van der Waals surface area (Å²) in [7, 11) is 0. The van der Waals surface area contributed by atoms with Crippen molar-refractivity contribution >= 4 is 11.6 Å². The van der Waals surface area contributed by atoms with Crippen molar-refractivity contribution in [1.82, 2.24) is 5.32 Å². The average molecular weight is 400 g/mol. The molecule has 0 amide bonds. The second kappa shape index (κ2) is 7.31. The molecule has 28 heavy (non-hydrogen) atoms. The lowest BCUT2D eigenvalue weighted by molar-refractivity contribution is -0.0902. The fourth-order valence-corrected chi connectivity index (χ4v) is 8.37. The van der Waals surface area contributed by atoms with Gasteiger partial charge in [0.1, 0.15) is 0 Å². The maximum Gasteiger partial charge on any atom is 0.0406 e. The van der Waals surface area contributed by atoms with E-state index in [1.807, 2.05) is 0 Å². The van der Waals surface area contributed by atoms with Crippen molar-refractivity contribution in [3.63, 3.8) is 0 Å². The molecular weight excluding hydrogens is 362 g/mol. The molecule has 0 unspecified atom stereocenters. The highest BCUT2D eigenvalue weighted by Crippen LogP contribution is 2.66. The molecule has 1 N–H and O–H groups in total. The van der Waals surface area contributed by atoms with Crippen LogP contribution in [0.3, 0.4) is 0 Å². The van der Waals surface area contributed by atoms with Gasteiger partial charge in [0.15, 0.2) is 0 Å². The molecule has 2 heteroatoms. The fraction of sp³-hybridized carbons (Fsp3) is 0.769. The molecule has 5 aliphatic carbocycles. The Morgan fingerprint density at radius 2 is 1.64 bits per heavy atom. The summed E-state index contributed by atoms with van der Waals surface area (Å²) in [6.45, 7) is 4.90. The van der Waals surface area contributed by atoms with Gasteiger partial charge in [-0.1, -0.05) is 37.1 Å². The minimum Gasteiger partial charge on any atom is -0.311 e. The van der Waals surface area contributed by atoms with Crippen molar-refractivity contribution in [1.29, 1.82) is 0 Å². The number of benzene rings is 1. The molecule has 154 valence electrons. The van der Waals surface area contributed by atoms with Crippen LogP contribution in [-0.4, -0.2) is 12.1 Å². The van der Waals surface area contributed by atoms with Crippen molar-refractivity contribution in [3.8, 4) is 0 Å². The molecule has 5 fully saturated rings. The predicted molar refractivity (Wildman–Crippen MR) is 119 cm³/mol. The first-order valence-electron chi connectivity index (χ1n) is 12.0. The zero-order chi connectivity index (χ0) is 19.4. The maximum absolute atomic E-state index is 6.22. The first-order valence-corrected chi connectivity index (χ1v) is 12.4. The third-order valence-corrected chi connectivity index (χ3v) is 9.64. The molecule has 0 spiro atoms. The molecule has 5 aliphatic rings. The second-order valence-corrected chi connectivity index (χ2v) is 11.6. The van der Waals surface area contributed by atoms with Crippen molar-refractivity contribution in [2.45, 2.75) is 102 Å². The van der Waals surface area contributed by atoms with E-state index in [4.69, 9.17) is 11.6 Å². The highest BCUT2D eigenvalue weighted by molar-refractivity contribution is 6.30. The molecule has 4 bridgehead atoms. The van der Waals surface area contributed by atoms with E-state index in [0.717, 1.165) is 28.8 Å². The molecule has 0 radical (unpaired) electrons. The summed E-state index contributed by atoms with van der Waals surface area (Å²) in [5.74, 6) is 2.87. The number of hydrogen-bond donors (Lipinski definition) is 1. The summed E-state index contributed by atoms with van der Waals surface area (Å²) in [6, 6.07) is 10.3. The van der Waals surface area contributed by atoms with Gasteiger partial charge in [-0.2, -0.15) is 0 Å². The van der Waals surface area contributed by atoms with Crippen LogP contribution in [0.15, 0.2) is 24.3 Å². The molecule has 3 atom stereocenters.